The van der Waals surface area contributed by atoms with Gasteiger partial charge in [0.25, 0.3) is 0 Å². The maximum absolute atomic E-state index is 12.3. The maximum atomic E-state index is 12.3. The minimum Gasteiger partial charge on any atom is -0.472 e. The summed E-state index contributed by atoms with van der Waals surface area (Å²) in [6.07, 6.45) is 4.75. The van der Waals surface area contributed by atoms with Crippen LogP contribution in [0.3, 0.4) is 0 Å². The number of hydrogen-bond acceptors (Lipinski definition) is 6. The Morgan fingerprint density at radius 2 is 2.26 bits per heavy atom. The Bertz CT molecular complexity index is 652. The van der Waals surface area contributed by atoms with Gasteiger partial charge >= 0.3 is 0 Å². The highest BCUT2D eigenvalue weighted by Crippen LogP contribution is 2.18. The van der Waals surface area contributed by atoms with Gasteiger partial charge in [0.1, 0.15) is 31.1 Å². The molecule has 0 spiro atoms. The van der Waals surface area contributed by atoms with E-state index in [4.69, 9.17) is 4.74 Å². The van der Waals surface area contributed by atoms with E-state index in [0.29, 0.717) is 18.2 Å². The molecule has 3 heterocycles. The quantitative estimate of drug-likeness (QED) is 0.827. The lowest BCUT2D eigenvalue weighted by Gasteiger charge is -2.32. The summed E-state index contributed by atoms with van der Waals surface area (Å²) in [6.45, 7) is 5.27. The normalized spacial score (nSPS) is 18.0. The van der Waals surface area contributed by atoms with Crippen molar-refractivity contribution >= 4 is 5.91 Å². The largest absolute Gasteiger partial charge is 0.472 e. The van der Waals surface area contributed by atoms with Crippen molar-refractivity contribution in [3.8, 4) is 5.88 Å². The molecule has 23 heavy (non-hydrogen) atoms. The van der Waals surface area contributed by atoms with Gasteiger partial charge in [-0.05, 0) is 26.7 Å². The Morgan fingerprint density at radius 1 is 1.39 bits per heavy atom. The predicted molar refractivity (Wildman–Crippen MR) is 81.8 cm³/mol. The molecule has 0 saturated carbocycles. The first-order valence-electron chi connectivity index (χ1n) is 7.69. The summed E-state index contributed by atoms with van der Waals surface area (Å²) in [5, 5.41) is 3.97. The molecule has 0 radical (unpaired) electrons. The van der Waals surface area contributed by atoms with Crippen LogP contribution in [0.2, 0.25) is 0 Å². The van der Waals surface area contributed by atoms with E-state index in [0.717, 1.165) is 25.1 Å². The molecule has 1 amide bonds. The van der Waals surface area contributed by atoms with Crippen molar-refractivity contribution in [1.82, 2.24) is 29.6 Å². The van der Waals surface area contributed by atoms with Crippen molar-refractivity contribution in [2.75, 3.05) is 13.1 Å². The molecule has 1 aliphatic heterocycles. The maximum Gasteiger partial charge on any atom is 0.244 e. The third-order valence-corrected chi connectivity index (χ3v) is 3.72. The average Bonchev–Trinajstić information content (AvgIpc) is 2.99. The van der Waals surface area contributed by atoms with Crippen LogP contribution in [0.15, 0.2) is 18.7 Å². The highest BCUT2D eigenvalue weighted by atomic mass is 16.5. The SMILES string of the molecule is Cc1cc(OC2CCCN(C(=O)Cn3cncn3)C2)nc(C)n1. The van der Waals surface area contributed by atoms with E-state index in [-0.39, 0.29) is 18.6 Å². The fraction of sp³-hybridized carbons (Fsp3) is 0.533. The van der Waals surface area contributed by atoms with Crippen LogP contribution in [-0.4, -0.2) is 54.7 Å². The number of piperidine rings is 1. The molecule has 2 aromatic rings. The summed E-state index contributed by atoms with van der Waals surface area (Å²) in [7, 11) is 0. The molecule has 122 valence electrons. The van der Waals surface area contributed by atoms with Crippen molar-refractivity contribution in [2.24, 2.45) is 0 Å². The highest BCUT2D eigenvalue weighted by molar-refractivity contribution is 5.76. The monoisotopic (exact) mass is 316 g/mol. The molecule has 1 atom stereocenters. The molecular weight excluding hydrogens is 296 g/mol. The second kappa shape index (κ2) is 6.72. The summed E-state index contributed by atoms with van der Waals surface area (Å²) >= 11 is 0. The Morgan fingerprint density at radius 3 is 3.00 bits per heavy atom. The van der Waals surface area contributed by atoms with E-state index in [1.54, 1.807) is 6.33 Å². The van der Waals surface area contributed by atoms with Crippen molar-refractivity contribution in [1.29, 1.82) is 0 Å². The average molecular weight is 316 g/mol. The zero-order valence-electron chi connectivity index (χ0n) is 13.3. The molecule has 1 aliphatic rings. The fourth-order valence-electron chi connectivity index (χ4n) is 2.73. The molecule has 1 saturated heterocycles. The molecule has 0 aliphatic carbocycles. The Kier molecular flexibility index (Phi) is 4.50. The second-order valence-corrected chi connectivity index (χ2v) is 5.71. The molecule has 1 unspecified atom stereocenters. The van der Waals surface area contributed by atoms with Gasteiger partial charge in [0.2, 0.25) is 11.8 Å². The van der Waals surface area contributed by atoms with Crippen molar-refractivity contribution in [3.05, 3.63) is 30.2 Å². The molecule has 2 aromatic heterocycles. The molecule has 8 heteroatoms. The van der Waals surface area contributed by atoms with Crippen molar-refractivity contribution < 1.29 is 9.53 Å². The van der Waals surface area contributed by atoms with E-state index >= 15 is 0 Å². The van der Waals surface area contributed by atoms with E-state index in [9.17, 15) is 4.79 Å². The molecular formula is C15H20N6O2. The van der Waals surface area contributed by atoms with E-state index in [1.165, 1.54) is 11.0 Å². The number of aryl methyl sites for hydroxylation is 2. The fourth-order valence-corrected chi connectivity index (χ4v) is 2.73. The lowest BCUT2D eigenvalue weighted by atomic mass is 10.1. The first-order chi connectivity index (χ1) is 11.1. The number of nitrogens with zero attached hydrogens (tertiary/aromatic N) is 6. The standard InChI is InChI=1S/C15H20N6O2/c1-11-6-14(19-12(2)18-11)23-13-4-3-5-20(7-13)15(22)8-21-10-16-9-17-21/h6,9-10,13H,3-5,7-8H2,1-2H3. The smallest absolute Gasteiger partial charge is 0.244 e. The second-order valence-electron chi connectivity index (χ2n) is 5.71. The summed E-state index contributed by atoms with van der Waals surface area (Å²) in [5.41, 5.74) is 0.877. The minimum atomic E-state index is -0.0443. The molecule has 0 aromatic carbocycles. The van der Waals surface area contributed by atoms with E-state index < -0.39 is 0 Å². The Labute approximate surface area is 134 Å². The minimum absolute atomic E-state index is 0.0267. The zero-order valence-corrected chi connectivity index (χ0v) is 13.3. The number of hydrogen-bond donors (Lipinski definition) is 0. The van der Waals surface area contributed by atoms with Crippen LogP contribution in [0.1, 0.15) is 24.4 Å². The summed E-state index contributed by atoms with van der Waals surface area (Å²) in [4.78, 5) is 26.5. The number of rotatable bonds is 4. The number of amides is 1. The van der Waals surface area contributed by atoms with Gasteiger partial charge in [-0.15, -0.1) is 0 Å². The van der Waals surface area contributed by atoms with Crippen LogP contribution in [0.25, 0.3) is 0 Å². The first-order valence-corrected chi connectivity index (χ1v) is 7.69. The van der Waals surface area contributed by atoms with Crippen LogP contribution in [0, 0.1) is 13.8 Å². The van der Waals surface area contributed by atoms with Gasteiger partial charge in [-0.3, -0.25) is 4.79 Å². The van der Waals surface area contributed by atoms with Crippen LogP contribution in [-0.2, 0) is 11.3 Å². The topological polar surface area (TPSA) is 86.0 Å². The van der Waals surface area contributed by atoms with Gasteiger partial charge in [-0.2, -0.15) is 10.1 Å². The van der Waals surface area contributed by atoms with Gasteiger partial charge < -0.3 is 9.64 Å². The summed E-state index contributed by atoms with van der Waals surface area (Å²) < 4.78 is 7.48. The number of carbonyl (C=O) groups excluding carboxylic acids is 1. The van der Waals surface area contributed by atoms with Crippen LogP contribution >= 0.6 is 0 Å². The van der Waals surface area contributed by atoms with Crippen molar-refractivity contribution in [2.45, 2.75) is 39.3 Å². The highest BCUT2D eigenvalue weighted by Gasteiger charge is 2.25. The van der Waals surface area contributed by atoms with Crippen LogP contribution in [0.5, 0.6) is 5.88 Å². The molecule has 0 N–H and O–H groups in total. The molecule has 1 fully saturated rings. The Balaban J connectivity index is 1.60. The van der Waals surface area contributed by atoms with E-state index in [2.05, 4.69) is 20.1 Å². The first kappa shape index (κ1) is 15.4. The molecule has 3 rings (SSSR count). The zero-order chi connectivity index (χ0) is 16.2. The van der Waals surface area contributed by atoms with Gasteiger partial charge in [-0.25, -0.2) is 14.6 Å². The molecule has 8 nitrogen and oxygen atoms in total. The van der Waals surface area contributed by atoms with Gasteiger partial charge in [0, 0.05) is 18.3 Å². The molecule has 0 bridgehead atoms. The van der Waals surface area contributed by atoms with Gasteiger partial charge in [0.15, 0.2) is 0 Å². The van der Waals surface area contributed by atoms with Gasteiger partial charge in [0.05, 0.1) is 6.54 Å². The number of likely N-dealkylation sites (tertiary alicyclic amines) is 1. The van der Waals surface area contributed by atoms with Crippen LogP contribution < -0.4 is 4.74 Å². The summed E-state index contributed by atoms with van der Waals surface area (Å²) in [6, 6.07) is 1.82. The number of ether oxygens (including phenoxy) is 1. The lowest BCUT2D eigenvalue weighted by Crippen LogP contribution is -2.45. The van der Waals surface area contributed by atoms with Crippen LogP contribution in [0.4, 0.5) is 0 Å². The van der Waals surface area contributed by atoms with Gasteiger partial charge in [-0.1, -0.05) is 0 Å². The third-order valence-electron chi connectivity index (χ3n) is 3.72. The number of carbonyl (C=O) groups is 1. The van der Waals surface area contributed by atoms with E-state index in [1.807, 2.05) is 24.8 Å². The van der Waals surface area contributed by atoms with Crippen molar-refractivity contribution in [3.63, 3.8) is 0 Å². The lowest BCUT2D eigenvalue weighted by molar-refractivity contribution is -0.134. The Hall–Kier alpha value is -2.51. The third kappa shape index (κ3) is 4.02. The predicted octanol–water partition coefficient (Wildman–Crippen LogP) is 0.755. The summed E-state index contributed by atoms with van der Waals surface area (Å²) in [5.74, 6) is 1.29. The number of aromatic nitrogens is 5.